The van der Waals surface area contributed by atoms with Gasteiger partial charge in [0.2, 0.25) is 11.8 Å². The van der Waals surface area contributed by atoms with Crippen LogP contribution in [0.3, 0.4) is 0 Å². The molecule has 2 aliphatic rings. The number of fused-ring (bicyclic) bond motifs is 2. The molecule has 8 heteroatoms. The minimum atomic E-state index is -0.509. The van der Waals surface area contributed by atoms with Crippen molar-refractivity contribution >= 4 is 16.8 Å². The summed E-state index contributed by atoms with van der Waals surface area (Å²) in [4.78, 5) is 23.8. The summed E-state index contributed by atoms with van der Waals surface area (Å²) in [6.45, 7) is 0.934. The monoisotopic (exact) mass is 365 g/mol. The van der Waals surface area contributed by atoms with Gasteiger partial charge in [0.1, 0.15) is 17.8 Å². The highest BCUT2D eigenvalue weighted by molar-refractivity contribution is 5.95. The quantitative estimate of drug-likeness (QED) is 0.700. The summed E-state index contributed by atoms with van der Waals surface area (Å²) in [5.74, 6) is 1.20. The zero-order valence-corrected chi connectivity index (χ0v) is 15.0. The molecule has 0 N–H and O–H groups in total. The smallest absolute Gasteiger partial charge is 0.273 e. The molecule has 1 amide bonds. The molecule has 138 valence electrons. The Kier molecular flexibility index (Phi) is 3.68. The van der Waals surface area contributed by atoms with E-state index in [2.05, 4.69) is 20.2 Å². The number of carbonyl (C=O) groups excluding carboxylic acids is 1. The fraction of sp³-hybridized carbons (Fsp3) is 0.421. The first-order valence-corrected chi connectivity index (χ1v) is 9.07. The van der Waals surface area contributed by atoms with Gasteiger partial charge in [0, 0.05) is 31.4 Å². The summed E-state index contributed by atoms with van der Waals surface area (Å²) in [6.07, 6.45) is 6.24. The Bertz CT molecular complexity index is 1020. The molecule has 0 unspecified atom stereocenters. The van der Waals surface area contributed by atoms with Crippen LogP contribution in [-0.2, 0) is 16.9 Å². The van der Waals surface area contributed by atoms with E-state index in [0.717, 1.165) is 30.2 Å². The van der Waals surface area contributed by atoms with Crippen LogP contribution in [0.2, 0.25) is 0 Å². The largest absolute Gasteiger partial charge is 0.420 e. The van der Waals surface area contributed by atoms with Crippen LogP contribution >= 0.6 is 0 Å². The van der Waals surface area contributed by atoms with E-state index in [1.54, 1.807) is 25.6 Å². The van der Waals surface area contributed by atoms with Crippen molar-refractivity contribution in [1.82, 2.24) is 25.1 Å². The van der Waals surface area contributed by atoms with Crippen molar-refractivity contribution in [1.29, 1.82) is 0 Å². The second kappa shape index (κ2) is 6.09. The number of hydrogen-bond acceptors (Lipinski definition) is 7. The molecular formula is C19H19N5O3. The van der Waals surface area contributed by atoms with Crippen LogP contribution in [0.4, 0.5) is 0 Å². The van der Waals surface area contributed by atoms with Crippen molar-refractivity contribution in [2.75, 3.05) is 13.7 Å². The van der Waals surface area contributed by atoms with Gasteiger partial charge in [-0.1, -0.05) is 0 Å². The summed E-state index contributed by atoms with van der Waals surface area (Å²) in [7, 11) is 1.58. The minimum Gasteiger partial charge on any atom is -0.420 e. The van der Waals surface area contributed by atoms with Gasteiger partial charge in [-0.25, -0.2) is 4.98 Å². The molecule has 4 heterocycles. The van der Waals surface area contributed by atoms with E-state index in [9.17, 15) is 4.79 Å². The third kappa shape index (κ3) is 2.36. The maximum absolute atomic E-state index is 13.3. The van der Waals surface area contributed by atoms with Crippen LogP contribution in [0.1, 0.15) is 41.5 Å². The lowest BCUT2D eigenvalue weighted by molar-refractivity contribution is -0.00492. The Labute approximate surface area is 155 Å². The molecule has 3 aromatic heterocycles. The fourth-order valence-corrected chi connectivity index (χ4v) is 4.36. The molecule has 8 nitrogen and oxygen atoms in total. The first-order valence-electron chi connectivity index (χ1n) is 9.07. The standard InChI is InChI=1S/C19H19N5O3/c1-26-11-16-22-23-18(27-16)19-7-4-13(19)6-9-24(19)17(25)15-3-2-12-10-20-8-5-14(12)21-15/h2-3,5,8,10,13H,4,6-7,9,11H2,1H3/t13-,19-/m0/s1. The molecular weight excluding hydrogens is 346 g/mol. The van der Waals surface area contributed by atoms with Crippen LogP contribution in [0.25, 0.3) is 10.9 Å². The maximum Gasteiger partial charge on any atom is 0.273 e. The van der Waals surface area contributed by atoms with Crippen molar-refractivity contribution in [2.45, 2.75) is 31.4 Å². The Hall–Kier alpha value is -2.87. The number of amides is 1. The van der Waals surface area contributed by atoms with Gasteiger partial charge in [0.15, 0.2) is 0 Å². The van der Waals surface area contributed by atoms with Crippen LogP contribution in [-0.4, -0.2) is 44.6 Å². The minimum absolute atomic E-state index is 0.0950. The summed E-state index contributed by atoms with van der Waals surface area (Å²) < 4.78 is 10.9. The summed E-state index contributed by atoms with van der Waals surface area (Å²) in [5, 5.41) is 9.23. The molecule has 0 aromatic carbocycles. The molecule has 2 atom stereocenters. The molecule has 27 heavy (non-hydrogen) atoms. The normalized spacial score (nSPS) is 24.0. The third-order valence-electron chi connectivity index (χ3n) is 5.79. The van der Waals surface area contributed by atoms with Gasteiger partial charge in [0.25, 0.3) is 5.91 Å². The van der Waals surface area contributed by atoms with Crippen molar-refractivity contribution in [3.05, 3.63) is 48.1 Å². The molecule has 1 aliphatic heterocycles. The van der Waals surface area contributed by atoms with E-state index in [1.165, 1.54) is 0 Å². The molecule has 0 spiro atoms. The summed E-state index contributed by atoms with van der Waals surface area (Å²) >= 11 is 0. The van der Waals surface area contributed by atoms with Crippen LogP contribution in [0, 0.1) is 5.92 Å². The van der Waals surface area contributed by atoms with Crippen molar-refractivity contribution in [2.24, 2.45) is 5.92 Å². The van der Waals surface area contributed by atoms with Gasteiger partial charge in [-0.3, -0.25) is 9.78 Å². The highest BCUT2D eigenvalue weighted by Crippen LogP contribution is 2.56. The zero-order chi connectivity index (χ0) is 18.4. The first-order chi connectivity index (χ1) is 13.2. The van der Waals surface area contributed by atoms with Crippen molar-refractivity contribution < 1.29 is 13.9 Å². The number of nitrogens with zero attached hydrogens (tertiary/aromatic N) is 5. The number of aromatic nitrogens is 4. The van der Waals surface area contributed by atoms with Crippen molar-refractivity contribution in [3.8, 4) is 0 Å². The maximum atomic E-state index is 13.3. The average Bonchev–Trinajstić information content (AvgIpc) is 3.23. The van der Waals surface area contributed by atoms with Gasteiger partial charge >= 0.3 is 0 Å². The lowest BCUT2D eigenvalue weighted by Crippen LogP contribution is -2.54. The van der Waals surface area contributed by atoms with Crippen LogP contribution in [0.5, 0.6) is 0 Å². The Balaban J connectivity index is 1.51. The van der Waals surface area contributed by atoms with Gasteiger partial charge in [-0.15, -0.1) is 10.2 Å². The lowest BCUT2D eigenvalue weighted by atomic mass is 9.67. The zero-order valence-electron chi connectivity index (χ0n) is 15.0. The van der Waals surface area contributed by atoms with E-state index in [0.29, 0.717) is 29.9 Å². The summed E-state index contributed by atoms with van der Waals surface area (Å²) in [6, 6.07) is 5.45. The SMILES string of the molecule is COCc1nnc([C@]23CC[C@H]2CCN3C(=O)c2ccc3cnccc3n2)o1. The number of methoxy groups -OCH3 is 1. The number of hydrogen-bond donors (Lipinski definition) is 0. The van der Waals surface area contributed by atoms with E-state index in [-0.39, 0.29) is 12.5 Å². The highest BCUT2D eigenvalue weighted by Gasteiger charge is 2.61. The Morgan fingerprint density at radius 3 is 3.07 bits per heavy atom. The van der Waals surface area contributed by atoms with Gasteiger partial charge in [-0.05, 0) is 43.4 Å². The fourth-order valence-electron chi connectivity index (χ4n) is 4.36. The molecule has 0 radical (unpaired) electrons. The lowest BCUT2D eigenvalue weighted by Gasteiger charge is -2.46. The summed E-state index contributed by atoms with van der Waals surface area (Å²) in [5.41, 5.74) is 0.678. The Morgan fingerprint density at radius 1 is 1.33 bits per heavy atom. The predicted octanol–water partition coefficient (Wildman–Crippen LogP) is 2.31. The number of rotatable bonds is 4. The van der Waals surface area contributed by atoms with E-state index >= 15 is 0 Å². The average molecular weight is 365 g/mol. The molecule has 3 aromatic rings. The van der Waals surface area contributed by atoms with E-state index < -0.39 is 5.54 Å². The molecule has 1 saturated carbocycles. The van der Waals surface area contributed by atoms with E-state index in [1.807, 2.05) is 17.0 Å². The molecule has 1 saturated heterocycles. The van der Waals surface area contributed by atoms with Gasteiger partial charge in [-0.2, -0.15) is 0 Å². The van der Waals surface area contributed by atoms with Gasteiger partial charge < -0.3 is 14.1 Å². The van der Waals surface area contributed by atoms with E-state index in [4.69, 9.17) is 9.15 Å². The number of pyridine rings is 2. The molecule has 2 fully saturated rings. The topological polar surface area (TPSA) is 94.2 Å². The first kappa shape index (κ1) is 16.3. The second-order valence-corrected chi connectivity index (χ2v) is 7.10. The highest BCUT2D eigenvalue weighted by atomic mass is 16.5. The second-order valence-electron chi connectivity index (χ2n) is 7.10. The predicted molar refractivity (Wildman–Crippen MR) is 94.6 cm³/mol. The molecule has 1 aliphatic carbocycles. The van der Waals surface area contributed by atoms with Crippen LogP contribution < -0.4 is 0 Å². The number of carbonyl (C=O) groups is 1. The van der Waals surface area contributed by atoms with Gasteiger partial charge in [0.05, 0.1) is 5.52 Å². The number of likely N-dealkylation sites (tertiary alicyclic amines) is 1. The van der Waals surface area contributed by atoms with Crippen molar-refractivity contribution in [3.63, 3.8) is 0 Å². The molecule has 5 rings (SSSR count). The third-order valence-corrected chi connectivity index (χ3v) is 5.79. The number of ether oxygens (including phenoxy) is 1. The van der Waals surface area contributed by atoms with Crippen LogP contribution in [0.15, 0.2) is 35.0 Å². The Morgan fingerprint density at radius 2 is 2.26 bits per heavy atom. The molecule has 0 bridgehead atoms.